The van der Waals surface area contributed by atoms with Crippen LogP contribution in [0.15, 0.2) is 16.6 Å². The van der Waals surface area contributed by atoms with Crippen LogP contribution in [-0.2, 0) is 6.42 Å². The highest BCUT2D eigenvalue weighted by Gasteiger charge is 2.31. The molecule has 0 amide bonds. The van der Waals surface area contributed by atoms with Gasteiger partial charge in [-0.3, -0.25) is 0 Å². The van der Waals surface area contributed by atoms with Gasteiger partial charge in [0.15, 0.2) is 0 Å². The number of benzene rings is 1. The maximum absolute atomic E-state index is 13.8. The van der Waals surface area contributed by atoms with E-state index in [9.17, 15) is 13.9 Å². The summed E-state index contributed by atoms with van der Waals surface area (Å²) in [6, 6.07) is 2.57. The fraction of sp³-hybridized carbons (Fsp3) is 0.571. The molecule has 0 bridgehead atoms. The van der Waals surface area contributed by atoms with Crippen LogP contribution in [0, 0.1) is 17.6 Å². The van der Waals surface area contributed by atoms with Gasteiger partial charge in [0.05, 0.1) is 10.1 Å². The van der Waals surface area contributed by atoms with Gasteiger partial charge in [-0.25, -0.2) is 8.78 Å². The largest absolute Gasteiger partial charge is 0.390 e. The average molecular weight is 319 g/mol. The fourth-order valence-corrected chi connectivity index (χ4v) is 2.87. The molecule has 1 aromatic carbocycles. The van der Waals surface area contributed by atoms with Crippen molar-refractivity contribution >= 4 is 15.9 Å². The lowest BCUT2D eigenvalue weighted by molar-refractivity contribution is 0.0189. The van der Waals surface area contributed by atoms with Crippen molar-refractivity contribution in [3.05, 3.63) is 33.8 Å². The van der Waals surface area contributed by atoms with Crippen molar-refractivity contribution in [3.8, 4) is 0 Å². The lowest BCUT2D eigenvalue weighted by Crippen LogP contribution is -2.33. The Hall–Kier alpha value is -0.480. The van der Waals surface area contributed by atoms with Gasteiger partial charge < -0.3 is 5.11 Å². The minimum Gasteiger partial charge on any atom is -0.390 e. The van der Waals surface area contributed by atoms with Crippen molar-refractivity contribution in [2.24, 2.45) is 5.92 Å². The summed E-state index contributed by atoms with van der Waals surface area (Å²) in [4.78, 5) is 0. The van der Waals surface area contributed by atoms with Gasteiger partial charge >= 0.3 is 0 Å². The van der Waals surface area contributed by atoms with Crippen molar-refractivity contribution in [2.75, 3.05) is 0 Å². The third-order valence-electron chi connectivity index (χ3n) is 3.65. The monoisotopic (exact) mass is 318 g/mol. The van der Waals surface area contributed by atoms with Crippen LogP contribution in [0.5, 0.6) is 0 Å². The van der Waals surface area contributed by atoms with Gasteiger partial charge in [0, 0.05) is 12.0 Å². The van der Waals surface area contributed by atoms with E-state index >= 15 is 0 Å². The maximum Gasteiger partial charge on any atom is 0.143 e. The SMILES string of the molecule is CC(O)(Cc1c(F)ccc(Br)c1F)CC1CCC1. The van der Waals surface area contributed by atoms with E-state index in [4.69, 9.17) is 0 Å². The van der Waals surface area contributed by atoms with Gasteiger partial charge in [-0.15, -0.1) is 0 Å². The first-order valence-corrected chi connectivity index (χ1v) is 7.03. The van der Waals surface area contributed by atoms with Crippen LogP contribution in [0.4, 0.5) is 8.78 Å². The molecule has 0 heterocycles. The average Bonchev–Trinajstić information content (AvgIpc) is 2.25. The van der Waals surface area contributed by atoms with Gasteiger partial charge in [-0.05, 0) is 47.3 Å². The molecular formula is C14H17BrF2O. The molecule has 1 aliphatic carbocycles. The summed E-state index contributed by atoms with van der Waals surface area (Å²) in [5, 5.41) is 10.3. The van der Waals surface area contributed by atoms with Crippen LogP contribution < -0.4 is 0 Å². The molecule has 1 aromatic rings. The molecule has 2 rings (SSSR count). The van der Waals surface area contributed by atoms with Crippen LogP contribution in [0.2, 0.25) is 0 Å². The summed E-state index contributed by atoms with van der Waals surface area (Å²) in [6.07, 6.45) is 4.04. The highest BCUT2D eigenvalue weighted by Crippen LogP contribution is 2.36. The van der Waals surface area contributed by atoms with E-state index in [-0.39, 0.29) is 16.5 Å². The lowest BCUT2D eigenvalue weighted by atomic mass is 9.76. The topological polar surface area (TPSA) is 20.2 Å². The third kappa shape index (κ3) is 3.09. The summed E-state index contributed by atoms with van der Waals surface area (Å²) in [5.41, 5.74) is -1.08. The highest BCUT2D eigenvalue weighted by molar-refractivity contribution is 9.10. The molecule has 1 nitrogen and oxygen atoms in total. The number of hydrogen-bond donors (Lipinski definition) is 1. The standard InChI is InChI=1S/C14H17BrF2O/c1-14(18,7-9-3-2-4-9)8-10-12(16)6-5-11(15)13(10)17/h5-6,9,18H,2-4,7-8H2,1H3. The summed E-state index contributed by atoms with van der Waals surface area (Å²) >= 11 is 3.04. The maximum atomic E-state index is 13.8. The van der Waals surface area contributed by atoms with Crippen molar-refractivity contribution in [2.45, 2.75) is 44.6 Å². The number of hydrogen-bond acceptors (Lipinski definition) is 1. The third-order valence-corrected chi connectivity index (χ3v) is 4.26. The Morgan fingerprint density at radius 1 is 1.39 bits per heavy atom. The molecule has 1 unspecified atom stereocenters. The first kappa shape index (κ1) is 13.9. The Kier molecular flexibility index (Phi) is 4.07. The molecule has 4 heteroatoms. The Labute approximate surface area is 114 Å². The van der Waals surface area contributed by atoms with Gasteiger partial charge in [0.25, 0.3) is 0 Å². The van der Waals surface area contributed by atoms with Crippen LogP contribution in [-0.4, -0.2) is 10.7 Å². The van der Waals surface area contributed by atoms with Gasteiger partial charge in [0.1, 0.15) is 11.6 Å². The van der Waals surface area contributed by atoms with E-state index in [1.165, 1.54) is 18.6 Å². The van der Waals surface area contributed by atoms with Crippen molar-refractivity contribution < 1.29 is 13.9 Å². The Morgan fingerprint density at radius 2 is 2.06 bits per heavy atom. The molecule has 0 spiro atoms. The second-order valence-corrected chi connectivity index (χ2v) is 6.35. The van der Waals surface area contributed by atoms with Crippen molar-refractivity contribution in [3.63, 3.8) is 0 Å². The van der Waals surface area contributed by atoms with E-state index in [0.717, 1.165) is 12.8 Å². The summed E-state index contributed by atoms with van der Waals surface area (Å²) in [6.45, 7) is 1.66. The normalized spacial score (nSPS) is 19.4. The number of aliphatic hydroxyl groups is 1. The van der Waals surface area contributed by atoms with E-state index in [0.29, 0.717) is 12.3 Å². The van der Waals surface area contributed by atoms with Crippen molar-refractivity contribution in [1.82, 2.24) is 0 Å². The van der Waals surface area contributed by atoms with Gasteiger partial charge in [-0.2, -0.15) is 0 Å². The predicted octanol–water partition coefficient (Wildman–Crippen LogP) is 4.21. The molecule has 100 valence electrons. The molecule has 0 aromatic heterocycles. The van der Waals surface area contributed by atoms with E-state index in [2.05, 4.69) is 15.9 Å². The first-order valence-electron chi connectivity index (χ1n) is 6.24. The Bertz CT molecular complexity index is 442. The smallest absolute Gasteiger partial charge is 0.143 e. The molecule has 0 saturated heterocycles. The zero-order valence-electron chi connectivity index (χ0n) is 10.3. The first-order chi connectivity index (χ1) is 8.39. The van der Waals surface area contributed by atoms with Crippen LogP contribution in [0.25, 0.3) is 0 Å². The Balaban J connectivity index is 2.14. The summed E-state index contributed by atoms with van der Waals surface area (Å²) < 4.78 is 27.7. The molecule has 1 atom stereocenters. The second kappa shape index (κ2) is 5.25. The van der Waals surface area contributed by atoms with E-state index < -0.39 is 17.2 Å². The zero-order valence-corrected chi connectivity index (χ0v) is 11.9. The highest BCUT2D eigenvalue weighted by atomic mass is 79.9. The minimum absolute atomic E-state index is 0.0145. The summed E-state index contributed by atoms with van der Waals surface area (Å²) in [7, 11) is 0. The van der Waals surface area contributed by atoms with Crippen LogP contribution >= 0.6 is 15.9 Å². The summed E-state index contributed by atoms with van der Waals surface area (Å²) in [5.74, 6) is -0.702. The minimum atomic E-state index is -1.05. The van der Waals surface area contributed by atoms with E-state index in [1.807, 2.05) is 0 Å². The molecule has 0 radical (unpaired) electrons. The molecule has 18 heavy (non-hydrogen) atoms. The molecular weight excluding hydrogens is 302 g/mol. The van der Waals surface area contributed by atoms with Crippen LogP contribution in [0.3, 0.4) is 0 Å². The predicted molar refractivity (Wildman–Crippen MR) is 70.3 cm³/mol. The molecule has 0 aliphatic heterocycles. The lowest BCUT2D eigenvalue weighted by Gasteiger charge is -2.33. The number of rotatable bonds is 4. The second-order valence-electron chi connectivity index (χ2n) is 5.50. The van der Waals surface area contributed by atoms with Crippen molar-refractivity contribution in [1.29, 1.82) is 0 Å². The number of halogens is 3. The fourth-order valence-electron chi connectivity index (χ4n) is 2.50. The molecule has 1 aliphatic rings. The quantitative estimate of drug-likeness (QED) is 0.824. The van der Waals surface area contributed by atoms with Gasteiger partial charge in [-0.1, -0.05) is 19.3 Å². The Morgan fingerprint density at radius 3 is 2.61 bits per heavy atom. The van der Waals surface area contributed by atoms with E-state index in [1.54, 1.807) is 6.92 Å². The molecule has 1 N–H and O–H groups in total. The van der Waals surface area contributed by atoms with Gasteiger partial charge in [0.2, 0.25) is 0 Å². The molecule has 1 fully saturated rings. The van der Waals surface area contributed by atoms with Crippen LogP contribution in [0.1, 0.15) is 38.2 Å². The molecule has 1 saturated carbocycles. The zero-order chi connectivity index (χ0) is 13.3.